The normalized spacial score (nSPS) is 17.7. The third-order valence-corrected chi connectivity index (χ3v) is 7.23. The zero-order chi connectivity index (χ0) is 27.8. The lowest BCUT2D eigenvalue weighted by atomic mass is 10.0. The second-order valence-electron chi connectivity index (χ2n) is 10.2. The molecule has 4 aromatic rings. The van der Waals surface area contributed by atoms with Gasteiger partial charge in [-0.2, -0.15) is 5.10 Å². The van der Waals surface area contributed by atoms with Crippen molar-refractivity contribution in [2.24, 2.45) is 11.7 Å². The Morgan fingerprint density at radius 2 is 1.85 bits per heavy atom. The minimum atomic E-state index is -0.698. The summed E-state index contributed by atoms with van der Waals surface area (Å²) < 4.78 is 21.1. The Hall–Kier alpha value is -4.80. The molecule has 1 unspecified atom stereocenters. The number of hydrogen-bond donors (Lipinski definition) is 2. The SMILES string of the molecule is NC(=O)C(=CC1CC1)C(=O)N1CCCC(n2nc(-c3ccc(Oc4cccc(F)c4)cc3)c3c(N)ncnc32)C1. The Morgan fingerprint density at radius 3 is 2.58 bits per heavy atom. The van der Waals surface area contributed by atoms with Crippen molar-refractivity contribution < 1.29 is 18.7 Å². The molecule has 40 heavy (non-hydrogen) atoms. The molecule has 0 spiro atoms. The van der Waals surface area contributed by atoms with E-state index in [9.17, 15) is 14.0 Å². The van der Waals surface area contributed by atoms with Crippen molar-refractivity contribution in [1.82, 2.24) is 24.6 Å². The van der Waals surface area contributed by atoms with Gasteiger partial charge < -0.3 is 21.1 Å². The van der Waals surface area contributed by atoms with Crippen LogP contribution in [-0.4, -0.2) is 49.6 Å². The highest BCUT2D eigenvalue weighted by atomic mass is 19.1. The van der Waals surface area contributed by atoms with Gasteiger partial charge in [-0.1, -0.05) is 12.1 Å². The van der Waals surface area contributed by atoms with Crippen LogP contribution in [0.2, 0.25) is 0 Å². The van der Waals surface area contributed by atoms with E-state index in [0.29, 0.717) is 47.1 Å². The number of amides is 2. The summed E-state index contributed by atoms with van der Waals surface area (Å²) in [6.07, 6.45) is 6.54. The van der Waals surface area contributed by atoms with Gasteiger partial charge in [0.25, 0.3) is 11.8 Å². The zero-order valence-electron chi connectivity index (χ0n) is 21.7. The molecule has 204 valence electrons. The predicted octanol–water partition coefficient (Wildman–Crippen LogP) is 3.99. The average Bonchev–Trinajstić information content (AvgIpc) is 3.69. The molecule has 1 saturated carbocycles. The number of anilines is 1. The molecular formula is C29H28FN7O3. The van der Waals surface area contributed by atoms with Gasteiger partial charge in [0.15, 0.2) is 5.65 Å². The highest BCUT2D eigenvalue weighted by Crippen LogP contribution is 2.36. The van der Waals surface area contributed by atoms with E-state index >= 15 is 0 Å². The summed E-state index contributed by atoms with van der Waals surface area (Å²) >= 11 is 0. The molecule has 2 aromatic carbocycles. The van der Waals surface area contributed by atoms with Gasteiger partial charge in [-0.25, -0.2) is 19.0 Å². The standard InChI is InChI=1S/C29H28FN7O3/c30-19-3-1-5-22(14-19)40-21-10-8-18(9-11-21)25-24-26(31)33-16-34-28(24)37(35-25)20-4-2-12-36(15-20)29(39)23(27(32)38)13-17-6-7-17/h1,3,5,8-11,13-14,16-17,20H,2,4,6-7,12,15H2,(H2,32,38)(H2,31,33,34). The Bertz CT molecular complexity index is 1630. The smallest absolute Gasteiger partial charge is 0.259 e. The third-order valence-electron chi connectivity index (χ3n) is 7.23. The van der Waals surface area contributed by atoms with E-state index in [-0.39, 0.29) is 29.3 Å². The number of benzene rings is 2. The Kier molecular flexibility index (Phi) is 6.63. The maximum atomic E-state index is 13.5. The first-order valence-electron chi connectivity index (χ1n) is 13.2. The number of carbonyl (C=O) groups excluding carboxylic acids is 2. The van der Waals surface area contributed by atoms with Crippen LogP contribution in [0, 0.1) is 11.7 Å². The number of nitrogens with zero attached hydrogens (tertiary/aromatic N) is 5. The first-order chi connectivity index (χ1) is 19.4. The van der Waals surface area contributed by atoms with Crippen molar-refractivity contribution in [3.63, 3.8) is 0 Å². The van der Waals surface area contributed by atoms with Crippen molar-refractivity contribution in [1.29, 1.82) is 0 Å². The second-order valence-corrected chi connectivity index (χ2v) is 10.2. The Balaban J connectivity index is 1.29. The number of allylic oxidation sites excluding steroid dienone is 1. The molecule has 2 fully saturated rings. The van der Waals surface area contributed by atoms with Crippen molar-refractivity contribution in [2.45, 2.75) is 31.7 Å². The van der Waals surface area contributed by atoms with E-state index in [1.54, 1.807) is 39.9 Å². The lowest BCUT2D eigenvalue weighted by Gasteiger charge is -2.33. The van der Waals surface area contributed by atoms with Crippen LogP contribution in [0.4, 0.5) is 10.2 Å². The van der Waals surface area contributed by atoms with Crippen molar-refractivity contribution >= 4 is 28.7 Å². The number of nitrogens with two attached hydrogens (primary N) is 2. The van der Waals surface area contributed by atoms with Crippen LogP contribution in [0.1, 0.15) is 31.7 Å². The monoisotopic (exact) mass is 541 g/mol. The molecule has 2 amide bonds. The fraction of sp³-hybridized carbons (Fsp3) is 0.276. The van der Waals surface area contributed by atoms with E-state index in [2.05, 4.69) is 9.97 Å². The van der Waals surface area contributed by atoms with E-state index in [0.717, 1.165) is 31.2 Å². The molecule has 1 aliphatic heterocycles. The maximum Gasteiger partial charge on any atom is 0.259 e. The molecular weight excluding hydrogens is 513 g/mol. The summed E-state index contributed by atoms with van der Waals surface area (Å²) in [4.78, 5) is 35.6. The molecule has 3 heterocycles. The van der Waals surface area contributed by atoms with E-state index in [4.69, 9.17) is 21.3 Å². The molecule has 6 rings (SSSR count). The van der Waals surface area contributed by atoms with Gasteiger partial charge in [-0.3, -0.25) is 9.59 Å². The van der Waals surface area contributed by atoms with Crippen LogP contribution in [0.5, 0.6) is 11.5 Å². The number of halogens is 1. The highest BCUT2D eigenvalue weighted by Gasteiger charge is 2.32. The molecule has 11 heteroatoms. The Morgan fingerprint density at radius 1 is 1.05 bits per heavy atom. The van der Waals surface area contributed by atoms with Crippen LogP contribution < -0.4 is 16.2 Å². The summed E-state index contributed by atoms with van der Waals surface area (Å²) in [6.45, 7) is 0.884. The van der Waals surface area contributed by atoms with Gasteiger partial charge in [0.1, 0.15) is 40.7 Å². The summed E-state index contributed by atoms with van der Waals surface area (Å²) in [7, 11) is 0. The number of primary amides is 1. The quantitative estimate of drug-likeness (QED) is 0.205. The first-order valence-corrected chi connectivity index (χ1v) is 13.2. The summed E-state index contributed by atoms with van der Waals surface area (Å²) in [5.41, 5.74) is 13.8. The summed E-state index contributed by atoms with van der Waals surface area (Å²) in [6, 6.07) is 13.0. The molecule has 1 atom stereocenters. The zero-order valence-corrected chi connectivity index (χ0v) is 21.7. The van der Waals surface area contributed by atoms with E-state index in [1.807, 2.05) is 12.1 Å². The molecule has 2 aliphatic rings. The topological polar surface area (TPSA) is 142 Å². The Labute approximate surface area is 229 Å². The number of carbonyl (C=O) groups is 2. The second kappa shape index (κ2) is 10.4. The molecule has 1 aliphatic carbocycles. The van der Waals surface area contributed by atoms with Gasteiger partial charge in [-0.15, -0.1) is 0 Å². The van der Waals surface area contributed by atoms with Crippen molar-refractivity contribution in [3.05, 3.63) is 72.3 Å². The molecule has 2 aromatic heterocycles. The molecule has 0 radical (unpaired) electrons. The summed E-state index contributed by atoms with van der Waals surface area (Å²) in [5, 5.41) is 5.51. The van der Waals surface area contributed by atoms with Gasteiger partial charge >= 0.3 is 0 Å². The lowest BCUT2D eigenvalue weighted by Crippen LogP contribution is -2.43. The predicted molar refractivity (Wildman–Crippen MR) is 146 cm³/mol. The van der Waals surface area contributed by atoms with Crippen LogP contribution in [0.15, 0.2) is 66.5 Å². The molecule has 10 nitrogen and oxygen atoms in total. The van der Waals surface area contributed by atoms with Crippen LogP contribution in [-0.2, 0) is 9.59 Å². The highest BCUT2D eigenvalue weighted by molar-refractivity contribution is 6.17. The number of fused-ring (bicyclic) bond motifs is 1. The number of aromatic nitrogens is 4. The van der Waals surface area contributed by atoms with Gasteiger partial charge in [-0.05, 0) is 68.0 Å². The maximum absolute atomic E-state index is 13.5. The fourth-order valence-electron chi connectivity index (χ4n) is 5.07. The fourth-order valence-corrected chi connectivity index (χ4v) is 5.07. The number of rotatable bonds is 7. The van der Waals surface area contributed by atoms with Crippen molar-refractivity contribution in [3.8, 4) is 22.8 Å². The van der Waals surface area contributed by atoms with Crippen LogP contribution in [0.25, 0.3) is 22.3 Å². The van der Waals surface area contributed by atoms with Crippen LogP contribution in [0.3, 0.4) is 0 Å². The van der Waals surface area contributed by atoms with Gasteiger partial charge in [0.2, 0.25) is 0 Å². The summed E-state index contributed by atoms with van der Waals surface area (Å²) in [5.74, 6) is 0.0408. The van der Waals surface area contributed by atoms with E-state index < -0.39 is 5.91 Å². The number of hydrogen-bond acceptors (Lipinski definition) is 7. The number of nitrogen functional groups attached to an aromatic ring is 1. The minimum Gasteiger partial charge on any atom is -0.457 e. The largest absolute Gasteiger partial charge is 0.457 e. The lowest BCUT2D eigenvalue weighted by molar-refractivity contribution is -0.131. The molecule has 0 bridgehead atoms. The molecule has 4 N–H and O–H groups in total. The van der Waals surface area contributed by atoms with Gasteiger partial charge in [0.05, 0.1) is 11.4 Å². The molecule has 1 saturated heterocycles. The average molecular weight is 542 g/mol. The number of likely N-dealkylation sites (tertiary alicyclic amines) is 1. The number of piperidine rings is 1. The van der Waals surface area contributed by atoms with E-state index in [1.165, 1.54) is 18.5 Å². The number of ether oxygens (including phenoxy) is 1. The van der Waals surface area contributed by atoms with Crippen molar-refractivity contribution in [2.75, 3.05) is 18.8 Å². The minimum absolute atomic E-state index is 0.0567. The van der Waals surface area contributed by atoms with Gasteiger partial charge in [0, 0.05) is 24.7 Å². The third kappa shape index (κ3) is 5.09. The van der Waals surface area contributed by atoms with Crippen LogP contribution >= 0.6 is 0 Å². The first kappa shape index (κ1) is 25.5.